The summed E-state index contributed by atoms with van der Waals surface area (Å²) in [6, 6.07) is 17.6. The maximum atomic E-state index is 14.3. The average Bonchev–Trinajstić information content (AvgIpc) is 3.57. The molecule has 1 aromatic heterocycles. The van der Waals surface area contributed by atoms with Crippen molar-refractivity contribution in [2.75, 3.05) is 31.6 Å². The molecule has 0 radical (unpaired) electrons. The van der Waals surface area contributed by atoms with E-state index in [1.165, 1.54) is 28.6 Å². The molecule has 228 valence electrons. The molecule has 1 fully saturated rings. The second-order valence-corrected chi connectivity index (χ2v) is 12.6. The molecule has 1 unspecified atom stereocenters. The van der Waals surface area contributed by atoms with Crippen molar-refractivity contribution in [2.24, 2.45) is 0 Å². The lowest BCUT2D eigenvalue weighted by Crippen LogP contribution is -2.51. The van der Waals surface area contributed by atoms with E-state index in [0.717, 1.165) is 22.4 Å². The molecule has 0 saturated carbocycles. The lowest BCUT2D eigenvalue weighted by atomic mass is 9.81. The highest BCUT2D eigenvalue weighted by atomic mass is 35.5. The van der Waals surface area contributed by atoms with Gasteiger partial charge in [0.25, 0.3) is 0 Å². The first-order valence-electron chi connectivity index (χ1n) is 14.3. The largest absolute Gasteiger partial charge is 0.437 e. The van der Waals surface area contributed by atoms with Crippen molar-refractivity contribution in [2.45, 2.75) is 37.3 Å². The fourth-order valence-corrected chi connectivity index (χ4v) is 6.72. The number of anilines is 1. The Labute approximate surface area is 268 Å². The number of benzene rings is 3. The van der Waals surface area contributed by atoms with Crippen LogP contribution in [0.4, 0.5) is 14.9 Å². The molecule has 1 N–H and O–H groups in total. The number of halogens is 3. The molecule has 3 heterocycles. The zero-order valence-electron chi connectivity index (χ0n) is 23.9. The number of rotatable bonds is 8. The standard InChI is InChI=1S/C32H30Cl2FN5O3S/c1-39-29-9-7-23(35)17-25(29)32(43-31(39)42)11-14-40(15-12-32)13-10-24(22-6-8-26(33)27(34)16-22)30(41)36-18-20-2-4-21(5-3-20)28-19-44-38-37-28/h2-9,16-17,19,24H,10-15,18H2,1H3,(H,36,41). The van der Waals surface area contributed by atoms with E-state index >= 15 is 0 Å². The number of hydrogen-bond acceptors (Lipinski definition) is 7. The molecule has 8 nitrogen and oxygen atoms in total. The number of piperidine rings is 1. The van der Waals surface area contributed by atoms with E-state index < -0.39 is 17.6 Å². The van der Waals surface area contributed by atoms with Gasteiger partial charge in [0.1, 0.15) is 17.1 Å². The third-order valence-corrected chi connectivity index (χ3v) is 9.75. The molecule has 6 rings (SSSR count). The number of carbonyl (C=O) groups is 2. The molecule has 12 heteroatoms. The first-order chi connectivity index (χ1) is 21.2. The molecule has 2 amide bonds. The van der Waals surface area contributed by atoms with Gasteiger partial charge in [-0.05, 0) is 66.0 Å². The van der Waals surface area contributed by atoms with Crippen LogP contribution in [-0.2, 0) is 21.7 Å². The lowest BCUT2D eigenvalue weighted by molar-refractivity contribution is -0.123. The molecule has 0 aliphatic carbocycles. The molecule has 2 aliphatic heterocycles. The molecule has 1 spiro atoms. The molecule has 1 atom stereocenters. The number of nitrogens with one attached hydrogen (secondary N) is 1. The molecule has 3 aromatic carbocycles. The molecule has 0 bridgehead atoms. The smallest absolute Gasteiger partial charge is 0.414 e. The Morgan fingerprint density at radius 2 is 1.86 bits per heavy atom. The van der Waals surface area contributed by atoms with Gasteiger partial charge in [0, 0.05) is 56.0 Å². The number of amides is 2. The molecule has 4 aromatic rings. The van der Waals surface area contributed by atoms with Crippen molar-refractivity contribution in [3.8, 4) is 11.3 Å². The highest BCUT2D eigenvalue weighted by molar-refractivity contribution is 7.03. The predicted octanol–water partition coefficient (Wildman–Crippen LogP) is 7.02. The Bertz CT molecular complexity index is 1660. The topological polar surface area (TPSA) is 87.7 Å². The van der Waals surface area contributed by atoms with Crippen molar-refractivity contribution in [3.05, 3.63) is 98.6 Å². The van der Waals surface area contributed by atoms with Crippen LogP contribution in [0.5, 0.6) is 0 Å². The number of fused-ring (bicyclic) bond motifs is 2. The van der Waals surface area contributed by atoms with Crippen LogP contribution in [0.15, 0.2) is 66.0 Å². The van der Waals surface area contributed by atoms with E-state index in [-0.39, 0.29) is 11.7 Å². The fraction of sp³-hybridized carbons (Fsp3) is 0.312. The Morgan fingerprint density at radius 1 is 1.09 bits per heavy atom. The minimum atomic E-state index is -0.871. The van der Waals surface area contributed by atoms with Crippen LogP contribution in [0.1, 0.15) is 41.9 Å². The number of ether oxygens (including phenoxy) is 1. The van der Waals surface area contributed by atoms with Crippen molar-refractivity contribution in [1.82, 2.24) is 19.8 Å². The summed E-state index contributed by atoms with van der Waals surface area (Å²) < 4.78 is 24.1. The van der Waals surface area contributed by atoms with Crippen molar-refractivity contribution < 1.29 is 18.7 Å². The Balaban J connectivity index is 1.12. The first kappa shape index (κ1) is 30.5. The summed E-state index contributed by atoms with van der Waals surface area (Å²) in [5.41, 5.74) is 4.03. The molecule has 2 aliphatic rings. The van der Waals surface area contributed by atoms with E-state index in [2.05, 4.69) is 19.8 Å². The number of nitrogens with zero attached hydrogens (tertiary/aromatic N) is 4. The van der Waals surface area contributed by atoms with Crippen molar-refractivity contribution in [3.63, 3.8) is 0 Å². The summed E-state index contributed by atoms with van der Waals surface area (Å²) in [7, 11) is 1.63. The monoisotopic (exact) mass is 653 g/mol. The number of aromatic nitrogens is 2. The van der Waals surface area contributed by atoms with Gasteiger partial charge in [0.15, 0.2) is 0 Å². The second kappa shape index (κ2) is 12.8. The van der Waals surface area contributed by atoms with E-state index in [0.29, 0.717) is 66.7 Å². The van der Waals surface area contributed by atoms with Gasteiger partial charge in [0.2, 0.25) is 5.91 Å². The van der Waals surface area contributed by atoms with E-state index in [9.17, 15) is 14.0 Å². The maximum Gasteiger partial charge on any atom is 0.414 e. The van der Waals surface area contributed by atoms with Crippen LogP contribution in [0.2, 0.25) is 10.0 Å². The number of likely N-dealkylation sites (tertiary alicyclic amines) is 1. The van der Waals surface area contributed by atoms with Gasteiger partial charge in [-0.3, -0.25) is 9.69 Å². The Morgan fingerprint density at radius 3 is 2.57 bits per heavy atom. The summed E-state index contributed by atoms with van der Waals surface area (Å²) in [6.45, 7) is 2.26. The second-order valence-electron chi connectivity index (χ2n) is 11.1. The minimum Gasteiger partial charge on any atom is -0.437 e. The zero-order chi connectivity index (χ0) is 30.8. The third-order valence-electron chi connectivity index (χ3n) is 8.50. The summed E-state index contributed by atoms with van der Waals surface area (Å²) in [5.74, 6) is -0.935. The van der Waals surface area contributed by atoms with Gasteiger partial charge in [-0.2, -0.15) is 0 Å². The van der Waals surface area contributed by atoms with Gasteiger partial charge in [0.05, 0.1) is 21.7 Å². The fourth-order valence-electron chi connectivity index (χ4n) is 5.95. The van der Waals surface area contributed by atoms with Gasteiger partial charge < -0.3 is 15.0 Å². The normalized spacial score (nSPS) is 16.8. The van der Waals surface area contributed by atoms with Crippen LogP contribution >= 0.6 is 34.7 Å². The van der Waals surface area contributed by atoms with Crippen molar-refractivity contribution in [1.29, 1.82) is 0 Å². The van der Waals surface area contributed by atoms with E-state index in [1.54, 1.807) is 25.2 Å². The molecule has 44 heavy (non-hydrogen) atoms. The first-order valence-corrected chi connectivity index (χ1v) is 15.9. The lowest BCUT2D eigenvalue weighted by Gasteiger charge is -2.46. The van der Waals surface area contributed by atoms with Crippen molar-refractivity contribution >= 4 is 52.4 Å². The van der Waals surface area contributed by atoms with Gasteiger partial charge in [-0.1, -0.05) is 58.0 Å². The SMILES string of the molecule is CN1C(=O)OC2(CCN(CCC(C(=O)NCc3ccc(-c4csnn4)cc3)c3ccc(Cl)c(Cl)c3)CC2)c2cc(F)ccc21. The summed E-state index contributed by atoms with van der Waals surface area (Å²) in [6.07, 6.45) is 1.16. The van der Waals surface area contributed by atoms with E-state index in [4.69, 9.17) is 27.9 Å². The Hall–Kier alpha value is -3.57. The zero-order valence-corrected chi connectivity index (χ0v) is 26.3. The van der Waals surface area contributed by atoms with Crippen LogP contribution < -0.4 is 10.2 Å². The average molecular weight is 655 g/mol. The summed E-state index contributed by atoms with van der Waals surface area (Å²) in [5, 5.41) is 9.90. The molecule has 1 saturated heterocycles. The van der Waals surface area contributed by atoms with Crippen LogP contribution in [-0.4, -0.2) is 53.2 Å². The highest BCUT2D eigenvalue weighted by Crippen LogP contribution is 2.45. The van der Waals surface area contributed by atoms with Crippen LogP contribution in [0.25, 0.3) is 11.3 Å². The van der Waals surface area contributed by atoms with E-state index in [1.807, 2.05) is 35.7 Å². The number of hydrogen-bond donors (Lipinski definition) is 1. The van der Waals surface area contributed by atoms with Gasteiger partial charge >= 0.3 is 6.09 Å². The van der Waals surface area contributed by atoms with Crippen LogP contribution in [0, 0.1) is 5.82 Å². The summed E-state index contributed by atoms with van der Waals surface area (Å²) in [4.78, 5) is 29.9. The quantitative estimate of drug-likeness (QED) is 0.220. The third kappa shape index (κ3) is 6.30. The maximum absolute atomic E-state index is 14.3. The molecular formula is C32H30Cl2FN5O3S. The van der Waals surface area contributed by atoms with Crippen LogP contribution in [0.3, 0.4) is 0 Å². The molecular weight excluding hydrogens is 624 g/mol. The summed E-state index contributed by atoms with van der Waals surface area (Å²) >= 11 is 13.8. The highest BCUT2D eigenvalue weighted by Gasteiger charge is 2.46. The number of carbonyl (C=O) groups excluding carboxylic acids is 2. The van der Waals surface area contributed by atoms with Gasteiger partial charge in [-0.15, -0.1) is 5.10 Å². The minimum absolute atomic E-state index is 0.113. The van der Waals surface area contributed by atoms with Gasteiger partial charge in [-0.25, -0.2) is 9.18 Å². The Kier molecular flexibility index (Phi) is 8.87. The predicted molar refractivity (Wildman–Crippen MR) is 170 cm³/mol.